The zero-order valence-corrected chi connectivity index (χ0v) is 10.2. The van der Waals surface area contributed by atoms with Crippen molar-refractivity contribution in [3.05, 3.63) is 18.0 Å². The van der Waals surface area contributed by atoms with Crippen LogP contribution in [0.2, 0.25) is 0 Å². The molecule has 88 valence electrons. The Morgan fingerprint density at radius 1 is 1.62 bits per heavy atom. The topological polar surface area (TPSA) is 106 Å². The van der Waals surface area contributed by atoms with Crippen LogP contribution in [0.4, 0.5) is 0 Å². The van der Waals surface area contributed by atoms with Gasteiger partial charge in [0.2, 0.25) is 0 Å². The number of aliphatic imine (C=N–C) groups is 1. The van der Waals surface area contributed by atoms with Crippen molar-refractivity contribution >= 4 is 22.9 Å². The zero-order chi connectivity index (χ0) is 12.1. The molecule has 1 aromatic rings. The molecule has 1 aromatic heterocycles. The summed E-state index contributed by atoms with van der Waals surface area (Å²) in [6, 6.07) is 2.27. The predicted molar refractivity (Wildman–Crippen MR) is 67.4 cm³/mol. The fourth-order valence-corrected chi connectivity index (χ4v) is 1.64. The maximum atomic E-state index is 7.44. The van der Waals surface area contributed by atoms with Crippen molar-refractivity contribution in [3.8, 4) is 0 Å². The molecule has 6 nitrogen and oxygen atoms in total. The summed E-state index contributed by atoms with van der Waals surface area (Å²) in [7, 11) is 0. The van der Waals surface area contributed by atoms with Crippen LogP contribution < -0.4 is 11.5 Å². The second-order valence-electron chi connectivity index (χ2n) is 3.51. The maximum absolute atomic E-state index is 7.44. The molecule has 0 amide bonds. The summed E-state index contributed by atoms with van der Waals surface area (Å²) >= 11 is 1.24. The summed E-state index contributed by atoms with van der Waals surface area (Å²) < 4.78 is 1.88. The fraction of sp³-hybridized carbons (Fsp3) is 0.444. The van der Waals surface area contributed by atoms with Gasteiger partial charge in [-0.1, -0.05) is 11.8 Å². The Morgan fingerprint density at radius 2 is 2.31 bits per heavy atom. The summed E-state index contributed by atoms with van der Waals surface area (Å²) in [6.07, 6.45) is 1.92. The lowest BCUT2D eigenvalue weighted by atomic mass is 10.4. The van der Waals surface area contributed by atoms with Crippen molar-refractivity contribution in [2.75, 3.05) is 0 Å². The zero-order valence-electron chi connectivity index (χ0n) is 9.34. The molecule has 0 spiro atoms. The highest BCUT2D eigenvalue weighted by molar-refractivity contribution is 8.13. The molecule has 0 aliphatic rings. The molecule has 5 N–H and O–H groups in total. The number of nitrogens with one attached hydrogen (secondary N) is 1. The van der Waals surface area contributed by atoms with Crippen molar-refractivity contribution < 1.29 is 0 Å². The molecule has 7 heteroatoms. The number of amidine groups is 1. The number of nitrogens with two attached hydrogens (primary N) is 2. The molecular formula is C9H16N6S. The van der Waals surface area contributed by atoms with E-state index in [0.717, 1.165) is 5.69 Å². The number of thioether (sulfide) groups is 1. The SMILES string of the molecule is CC(C)n1ccc(CSC(=N)N=C(N)N)n1. The standard InChI is InChI=1S/C9H16N6S/c1-6(2)15-4-3-7(14-15)5-16-9(12)13-8(10)11/h3-4,6H,5H2,1-2H3,(H5,10,11,12,13). The minimum atomic E-state index is -0.0924. The first-order valence-corrected chi connectivity index (χ1v) is 5.82. The highest BCUT2D eigenvalue weighted by Gasteiger charge is 2.03. The van der Waals surface area contributed by atoms with E-state index >= 15 is 0 Å². The Bertz CT molecular complexity index is 390. The molecule has 0 fully saturated rings. The van der Waals surface area contributed by atoms with E-state index in [0.29, 0.717) is 11.8 Å². The smallest absolute Gasteiger partial charge is 0.193 e. The molecule has 0 aliphatic carbocycles. The summed E-state index contributed by atoms with van der Waals surface area (Å²) in [5.41, 5.74) is 11.2. The molecular weight excluding hydrogens is 224 g/mol. The van der Waals surface area contributed by atoms with E-state index in [2.05, 4.69) is 23.9 Å². The summed E-state index contributed by atoms with van der Waals surface area (Å²) in [5, 5.41) is 11.9. The van der Waals surface area contributed by atoms with Crippen LogP contribution in [0.15, 0.2) is 17.3 Å². The Balaban J connectivity index is 2.49. The number of hydrogen-bond donors (Lipinski definition) is 3. The average Bonchev–Trinajstić information content (AvgIpc) is 2.61. The monoisotopic (exact) mass is 240 g/mol. The third kappa shape index (κ3) is 3.93. The number of aromatic nitrogens is 2. The lowest BCUT2D eigenvalue weighted by Gasteiger charge is -2.03. The number of guanidine groups is 1. The van der Waals surface area contributed by atoms with Gasteiger partial charge in [-0.2, -0.15) is 10.1 Å². The molecule has 0 aromatic carbocycles. The van der Waals surface area contributed by atoms with Crippen LogP contribution >= 0.6 is 11.8 Å². The maximum Gasteiger partial charge on any atom is 0.193 e. The van der Waals surface area contributed by atoms with Crippen LogP contribution in [0.5, 0.6) is 0 Å². The molecule has 0 unspecified atom stereocenters. The first-order valence-electron chi connectivity index (χ1n) is 4.84. The minimum absolute atomic E-state index is 0.0924. The number of nitrogens with zero attached hydrogens (tertiary/aromatic N) is 3. The highest BCUT2D eigenvalue weighted by atomic mass is 32.2. The lowest BCUT2D eigenvalue weighted by molar-refractivity contribution is 0.529. The molecule has 0 bridgehead atoms. The fourth-order valence-electron chi connectivity index (χ4n) is 1.03. The van der Waals surface area contributed by atoms with E-state index in [1.165, 1.54) is 11.8 Å². The van der Waals surface area contributed by atoms with Crippen LogP contribution in [0.25, 0.3) is 0 Å². The predicted octanol–water partition coefficient (Wildman–Crippen LogP) is 0.905. The van der Waals surface area contributed by atoms with E-state index < -0.39 is 0 Å². The van der Waals surface area contributed by atoms with Gasteiger partial charge in [0.25, 0.3) is 0 Å². The van der Waals surface area contributed by atoms with Crippen LogP contribution in [0.1, 0.15) is 25.6 Å². The van der Waals surface area contributed by atoms with Gasteiger partial charge in [-0.15, -0.1) is 0 Å². The van der Waals surface area contributed by atoms with Crippen LogP contribution in [0, 0.1) is 5.41 Å². The van der Waals surface area contributed by atoms with Crippen molar-refractivity contribution in [1.82, 2.24) is 9.78 Å². The number of rotatable bonds is 3. The van der Waals surface area contributed by atoms with Crippen molar-refractivity contribution in [2.45, 2.75) is 25.6 Å². The van der Waals surface area contributed by atoms with Gasteiger partial charge in [0.1, 0.15) is 0 Å². The summed E-state index contributed by atoms with van der Waals surface area (Å²) in [5.74, 6) is 0.500. The van der Waals surface area contributed by atoms with Gasteiger partial charge in [0, 0.05) is 18.0 Å². The Morgan fingerprint density at radius 3 is 2.81 bits per heavy atom. The Kier molecular flexibility index (Phi) is 4.36. The molecule has 0 radical (unpaired) electrons. The third-order valence-corrected chi connectivity index (χ3v) is 2.58. The molecule has 1 heterocycles. The van der Waals surface area contributed by atoms with Crippen LogP contribution in [0.3, 0.4) is 0 Å². The van der Waals surface area contributed by atoms with Crippen molar-refractivity contribution in [3.63, 3.8) is 0 Å². The van der Waals surface area contributed by atoms with Gasteiger partial charge in [-0.3, -0.25) is 10.1 Å². The lowest BCUT2D eigenvalue weighted by Crippen LogP contribution is -2.23. The third-order valence-electron chi connectivity index (χ3n) is 1.78. The van der Waals surface area contributed by atoms with E-state index in [-0.39, 0.29) is 11.1 Å². The molecule has 0 atom stereocenters. The van der Waals surface area contributed by atoms with Gasteiger partial charge in [0.15, 0.2) is 11.1 Å². The van der Waals surface area contributed by atoms with E-state index in [4.69, 9.17) is 16.9 Å². The average molecular weight is 240 g/mol. The molecule has 0 saturated heterocycles. The van der Waals surface area contributed by atoms with Gasteiger partial charge >= 0.3 is 0 Å². The van der Waals surface area contributed by atoms with Crippen molar-refractivity contribution in [2.24, 2.45) is 16.5 Å². The number of hydrogen-bond acceptors (Lipinski definition) is 3. The van der Waals surface area contributed by atoms with E-state index in [1.54, 1.807) is 0 Å². The molecule has 0 aliphatic heterocycles. The Hall–Kier alpha value is -1.50. The Labute approximate surface area is 98.6 Å². The van der Waals surface area contributed by atoms with Crippen LogP contribution in [-0.4, -0.2) is 20.9 Å². The minimum Gasteiger partial charge on any atom is -0.370 e. The normalized spacial score (nSPS) is 10.4. The molecule has 16 heavy (non-hydrogen) atoms. The first kappa shape index (κ1) is 12.6. The van der Waals surface area contributed by atoms with Crippen molar-refractivity contribution in [1.29, 1.82) is 5.41 Å². The van der Waals surface area contributed by atoms with Gasteiger partial charge in [0.05, 0.1) is 5.69 Å². The molecule has 0 saturated carbocycles. The summed E-state index contributed by atoms with van der Waals surface area (Å²) in [6.45, 7) is 4.12. The second kappa shape index (κ2) is 5.55. The summed E-state index contributed by atoms with van der Waals surface area (Å²) in [4.78, 5) is 3.62. The van der Waals surface area contributed by atoms with Gasteiger partial charge < -0.3 is 11.5 Å². The largest absolute Gasteiger partial charge is 0.370 e. The van der Waals surface area contributed by atoms with E-state index in [9.17, 15) is 0 Å². The highest BCUT2D eigenvalue weighted by Crippen LogP contribution is 2.13. The molecule has 1 rings (SSSR count). The second-order valence-corrected chi connectivity index (χ2v) is 4.48. The first-order chi connectivity index (χ1) is 7.49. The quantitative estimate of drug-likeness (QED) is 0.539. The van der Waals surface area contributed by atoms with Crippen LogP contribution in [-0.2, 0) is 5.75 Å². The van der Waals surface area contributed by atoms with E-state index in [1.807, 2.05) is 16.9 Å². The van der Waals surface area contributed by atoms with Gasteiger partial charge in [-0.25, -0.2) is 0 Å². The van der Waals surface area contributed by atoms with Gasteiger partial charge in [-0.05, 0) is 19.9 Å².